The molecule has 0 bridgehead atoms. The Kier molecular flexibility index (Phi) is 2.76. The molecule has 0 spiro atoms. The standard InChI is InChI=1S/C17H16N6O/c1-23-14-8-12(3-2-10(14)9-18-23)20-17-21-13-6-7-24-15(13)16(22-17)19-11-4-5-11/h2-3,6-9,11H,4-5H2,1H3,(H2,19,20,21,22). The highest BCUT2D eigenvalue weighted by molar-refractivity contribution is 5.86. The van der Waals surface area contributed by atoms with Gasteiger partial charge >= 0.3 is 0 Å². The highest BCUT2D eigenvalue weighted by atomic mass is 16.3. The Balaban J connectivity index is 1.53. The summed E-state index contributed by atoms with van der Waals surface area (Å²) in [7, 11) is 1.93. The van der Waals surface area contributed by atoms with Crippen molar-refractivity contribution >= 4 is 39.5 Å². The zero-order valence-corrected chi connectivity index (χ0v) is 13.2. The minimum atomic E-state index is 0.492. The highest BCUT2D eigenvalue weighted by Crippen LogP contribution is 2.30. The van der Waals surface area contributed by atoms with Crippen molar-refractivity contribution in [3.63, 3.8) is 0 Å². The molecule has 0 amide bonds. The van der Waals surface area contributed by atoms with Crippen molar-refractivity contribution in [2.45, 2.75) is 18.9 Å². The molecule has 120 valence electrons. The van der Waals surface area contributed by atoms with E-state index in [2.05, 4.69) is 25.7 Å². The van der Waals surface area contributed by atoms with Crippen LogP contribution in [0.1, 0.15) is 12.8 Å². The SMILES string of the molecule is Cn1ncc2ccc(Nc3nc(NC4CC4)c4occc4n3)cc21. The van der Waals surface area contributed by atoms with Crippen molar-refractivity contribution in [3.8, 4) is 0 Å². The van der Waals surface area contributed by atoms with E-state index in [-0.39, 0.29) is 0 Å². The predicted octanol–water partition coefficient (Wildman–Crippen LogP) is 3.43. The van der Waals surface area contributed by atoms with Gasteiger partial charge in [0.2, 0.25) is 5.95 Å². The van der Waals surface area contributed by atoms with Gasteiger partial charge in [0.15, 0.2) is 11.4 Å². The van der Waals surface area contributed by atoms with Gasteiger partial charge in [0.1, 0.15) is 5.52 Å². The number of hydrogen-bond donors (Lipinski definition) is 2. The molecule has 0 saturated heterocycles. The van der Waals surface area contributed by atoms with Crippen LogP contribution in [0.2, 0.25) is 0 Å². The quantitative estimate of drug-likeness (QED) is 0.599. The lowest BCUT2D eigenvalue weighted by Gasteiger charge is -2.09. The molecule has 1 aliphatic rings. The summed E-state index contributed by atoms with van der Waals surface area (Å²) in [6.45, 7) is 0. The molecule has 1 fully saturated rings. The fourth-order valence-corrected chi connectivity index (χ4v) is 2.79. The van der Waals surface area contributed by atoms with E-state index in [1.54, 1.807) is 6.26 Å². The van der Waals surface area contributed by atoms with Gasteiger partial charge in [-0.1, -0.05) is 0 Å². The molecule has 1 aromatic carbocycles. The molecule has 3 heterocycles. The second-order valence-electron chi connectivity index (χ2n) is 6.12. The minimum Gasteiger partial charge on any atom is -0.459 e. The minimum absolute atomic E-state index is 0.492. The van der Waals surface area contributed by atoms with Gasteiger partial charge in [0, 0.05) is 30.2 Å². The molecule has 0 aliphatic heterocycles. The summed E-state index contributed by atoms with van der Waals surface area (Å²) >= 11 is 0. The molecule has 7 nitrogen and oxygen atoms in total. The lowest BCUT2D eigenvalue weighted by molar-refractivity contribution is 0.614. The first-order valence-electron chi connectivity index (χ1n) is 7.97. The molecule has 5 rings (SSSR count). The van der Waals surface area contributed by atoms with Crippen LogP contribution < -0.4 is 10.6 Å². The average molecular weight is 320 g/mol. The van der Waals surface area contributed by atoms with Gasteiger partial charge in [-0.05, 0) is 31.0 Å². The number of fused-ring (bicyclic) bond motifs is 2. The Morgan fingerprint density at radius 3 is 3.00 bits per heavy atom. The third-order valence-electron chi connectivity index (χ3n) is 4.23. The summed E-state index contributed by atoms with van der Waals surface area (Å²) in [6.07, 6.45) is 5.84. The number of furan rings is 1. The molecular formula is C17H16N6O. The Morgan fingerprint density at radius 1 is 1.21 bits per heavy atom. The average Bonchev–Trinajstić information content (AvgIpc) is 3.13. The van der Waals surface area contributed by atoms with Crippen LogP contribution in [0.3, 0.4) is 0 Å². The largest absolute Gasteiger partial charge is 0.459 e. The van der Waals surface area contributed by atoms with Crippen molar-refractivity contribution < 1.29 is 4.42 Å². The molecule has 24 heavy (non-hydrogen) atoms. The van der Waals surface area contributed by atoms with Crippen molar-refractivity contribution in [3.05, 3.63) is 36.7 Å². The Bertz CT molecular complexity index is 1050. The van der Waals surface area contributed by atoms with E-state index in [9.17, 15) is 0 Å². The smallest absolute Gasteiger partial charge is 0.229 e. The van der Waals surface area contributed by atoms with Crippen LogP contribution >= 0.6 is 0 Å². The number of aromatic nitrogens is 4. The monoisotopic (exact) mass is 320 g/mol. The first kappa shape index (κ1) is 13.4. The summed E-state index contributed by atoms with van der Waals surface area (Å²) in [5, 5.41) is 12.1. The summed E-state index contributed by atoms with van der Waals surface area (Å²) in [4.78, 5) is 9.12. The van der Waals surface area contributed by atoms with E-state index in [0.29, 0.717) is 17.6 Å². The molecule has 7 heteroatoms. The van der Waals surface area contributed by atoms with Gasteiger partial charge < -0.3 is 15.1 Å². The number of benzene rings is 1. The van der Waals surface area contributed by atoms with Crippen LogP contribution in [-0.2, 0) is 7.05 Å². The molecule has 0 radical (unpaired) electrons. The van der Waals surface area contributed by atoms with Gasteiger partial charge in [0.05, 0.1) is 18.0 Å². The number of aryl methyl sites for hydroxylation is 1. The second kappa shape index (κ2) is 4.95. The molecule has 1 aliphatic carbocycles. The molecule has 3 aromatic heterocycles. The van der Waals surface area contributed by atoms with Crippen LogP contribution in [0.4, 0.5) is 17.5 Å². The van der Waals surface area contributed by atoms with Crippen LogP contribution in [-0.4, -0.2) is 25.8 Å². The van der Waals surface area contributed by atoms with E-state index in [1.165, 1.54) is 12.8 Å². The second-order valence-corrected chi connectivity index (χ2v) is 6.12. The normalized spacial score (nSPS) is 14.4. The Hall–Kier alpha value is -3.09. The van der Waals surface area contributed by atoms with Crippen molar-refractivity contribution in [2.75, 3.05) is 10.6 Å². The maximum absolute atomic E-state index is 5.52. The van der Waals surface area contributed by atoms with E-state index >= 15 is 0 Å². The summed E-state index contributed by atoms with van der Waals surface area (Å²) in [5.41, 5.74) is 3.47. The zero-order chi connectivity index (χ0) is 16.1. The van der Waals surface area contributed by atoms with E-state index < -0.39 is 0 Å². The number of rotatable bonds is 4. The maximum Gasteiger partial charge on any atom is 0.229 e. The van der Waals surface area contributed by atoms with Crippen LogP contribution in [0, 0.1) is 0 Å². The Labute approximate surface area is 137 Å². The summed E-state index contributed by atoms with van der Waals surface area (Å²) in [6, 6.07) is 8.42. The van der Waals surface area contributed by atoms with Gasteiger partial charge in [-0.25, -0.2) is 4.98 Å². The fraction of sp³-hybridized carbons (Fsp3) is 0.235. The number of anilines is 3. The molecule has 0 atom stereocenters. The van der Waals surface area contributed by atoms with E-state index in [4.69, 9.17) is 4.42 Å². The van der Waals surface area contributed by atoms with Crippen molar-refractivity contribution in [1.82, 2.24) is 19.7 Å². The first-order valence-corrected chi connectivity index (χ1v) is 7.97. The van der Waals surface area contributed by atoms with Crippen LogP contribution in [0.25, 0.3) is 22.0 Å². The van der Waals surface area contributed by atoms with Crippen molar-refractivity contribution in [1.29, 1.82) is 0 Å². The molecule has 0 unspecified atom stereocenters. The third kappa shape index (κ3) is 2.25. The lowest BCUT2D eigenvalue weighted by Crippen LogP contribution is -2.06. The maximum atomic E-state index is 5.52. The molecule has 4 aromatic rings. The van der Waals surface area contributed by atoms with E-state index in [0.717, 1.165) is 27.9 Å². The molecular weight excluding hydrogens is 304 g/mol. The third-order valence-corrected chi connectivity index (χ3v) is 4.23. The van der Waals surface area contributed by atoms with Crippen molar-refractivity contribution in [2.24, 2.45) is 7.05 Å². The molecule has 1 saturated carbocycles. The highest BCUT2D eigenvalue weighted by Gasteiger charge is 2.23. The summed E-state index contributed by atoms with van der Waals surface area (Å²) in [5.74, 6) is 1.30. The van der Waals surface area contributed by atoms with E-state index in [1.807, 2.05) is 42.2 Å². The summed E-state index contributed by atoms with van der Waals surface area (Å²) < 4.78 is 7.37. The molecule has 2 N–H and O–H groups in total. The fourth-order valence-electron chi connectivity index (χ4n) is 2.79. The number of nitrogens with one attached hydrogen (secondary N) is 2. The number of nitrogens with zero attached hydrogens (tertiary/aromatic N) is 4. The van der Waals surface area contributed by atoms with Gasteiger partial charge in [0.25, 0.3) is 0 Å². The van der Waals surface area contributed by atoms with Crippen LogP contribution in [0.5, 0.6) is 0 Å². The topological polar surface area (TPSA) is 80.8 Å². The van der Waals surface area contributed by atoms with Gasteiger partial charge in [-0.15, -0.1) is 0 Å². The Morgan fingerprint density at radius 2 is 2.12 bits per heavy atom. The zero-order valence-electron chi connectivity index (χ0n) is 13.2. The lowest BCUT2D eigenvalue weighted by atomic mass is 10.2. The number of hydrogen-bond acceptors (Lipinski definition) is 6. The predicted molar refractivity (Wildman–Crippen MR) is 92.4 cm³/mol. The van der Waals surface area contributed by atoms with Crippen LogP contribution in [0.15, 0.2) is 41.1 Å². The first-order chi connectivity index (χ1) is 11.8. The van der Waals surface area contributed by atoms with Gasteiger partial charge in [-0.3, -0.25) is 4.68 Å². The van der Waals surface area contributed by atoms with Gasteiger partial charge in [-0.2, -0.15) is 10.1 Å².